The fraction of sp³-hybridized carbons (Fsp3) is 0.727. The maximum absolute atomic E-state index is 4.34. The van der Waals surface area contributed by atoms with Gasteiger partial charge < -0.3 is 4.57 Å². The van der Waals surface area contributed by atoms with Crippen molar-refractivity contribution in [1.29, 1.82) is 0 Å². The molecule has 0 saturated heterocycles. The molecule has 1 aromatic rings. The Balaban J connectivity index is 2.52. The highest BCUT2D eigenvalue weighted by Gasteiger charge is 2.20. The summed E-state index contributed by atoms with van der Waals surface area (Å²) in [6.07, 6.45) is 7.35. The Morgan fingerprint density at radius 3 is 2.71 bits per heavy atom. The number of alkyl halides is 1. The number of aromatic nitrogens is 2. The van der Waals surface area contributed by atoms with Crippen LogP contribution in [0.15, 0.2) is 12.4 Å². The van der Waals surface area contributed by atoms with Crippen molar-refractivity contribution in [3.63, 3.8) is 0 Å². The van der Waals surface area contributed by atoms with Crippen molar-refractivity contribution in [2.45, 2.75) is 33.1 Å². The predicted molar refractivity (Wildman–Crippen MR) is 63.7 cm³/mol. The molecule has 0 spiro atoms. The Kier molecular flexibility index (Phi) is 4.17. The van der Waals surface area contributed by atoms with E-state index in [0.29, 0.717) is 5.41 Å². The summed E-state index contributed by atoms with van der Waals surface area (Å²) in [7, 11) is 2.06. The monoisotopic (exact) mass is 258 g/mol. The fourth-order valence-corrected chi connectivity index (χ4v) is 2.07. The summed E-state index contributed by atoms with van der Waals surface area (Å²) in [5.41, 5.74) is 0.409. The van der Waals surface area contributed by atoms with E-state index in [1.807, 2.05) is 12.4 Å². The molecule has 0 bridgehead atoms. The van der Waals surface area contributed by atoms with Gasteiger partial charge in [0.05, 0.1) is 0 Å². The van der Waals surface area contributed by atoms with Crippen molar-refractivity contribution in [2.75, 3.05) is 5.33 Å². The van der Waals surface area contributed by atoms with Crippen LogP contribution in [0.5, 0.6) is 0 Å². The molecule has 0 aliphatic rings. The first-order valence-corrected chi connectivity index (χ1v) is 6.25. The molecule has 1 aromatic heterocycles. The van der Waals surface area contributed by atoms with Crippen LogP contribution >= 0.6 is 15.9 Å². The zero-order valence-corrected chi connectivity index (χ0v) is 10.8. The molecule has 0 aliphatic carbocycles. The number of aryl methyl sites for hydroxylation is 2. The lowest BCUT2D eigenvalue weighted by molar-refractivity contribution is 0.330. The fourth-order valence-electron chi connectivity index (χ4n) is 1.39. The first-order valence-electron chi connectivity index (χ1n) is 5.13. The molecule has 1 atom stereocenters. The minimum Gasteiger partial charge on any atom is -0.338 e. The second-order valence-corrected chi connectivity index (χ2v) is 4.81. The van der Waals surface area contributed by atoms with Gasteiger partial charge in [-0.3, -0.25) is 0 Å². The van der Waals surface area contributed by atoms with Gasteiger partial charge in [0.2, 0.25) is 0 Å². The van der Waals surface area contributed by atoms with Crippen molar-refractivity contribution >= 4 is 15.9 Å². The van der Waals surface area contributed by atoms with E-state index in [4.69, 9.17) is 0 Å². The van der Waals surface area contributed by atoms with E-state index in [1.54, 1.807) is 0 Å². The highest BCUT2D eigenvalue weighted by molar-refractivity contribution is 9.09. The lowest BCUT2D eigenvalue weighted by Gasteiger charge is -2.25. The van der Waals surface area contributed by atoms with Gasteiger partial charge in [0, 0.05) is 31.2 Å². The van der Waals surface area contributed by atoms with Gasteiger partial charge in [-0.05, 0) is 18.3 Å². The van der Waals surface area contributed by atoms with E-state index in [-0.39, 0.29) is 0 Å². The van der Waals surface area contributed by atoms with Crippen LogP contribution in [0, 0.1) is 5.41 Å². The van der Waals surface area contributed by atoms with Gasteiger partial charge in [-0.1, -0.05) is 29.8 Å². The Morgan fingerprint density at radius 2 is 2.29 bits per heavy atom. The maximum Gasteiger partial charge on any atom is 0.108 e. The van der Waals surface area contributed by atoms with E-state index in [0.717, 1.165) is 11.8 Å². The third-order valence-corrected chi connectivity index (χ3v) is 4.40. The molecule has 1 heterocycles. The number of halogens is 1. The lowest BCUT2D eigenvalue weighted by atomic mass is 9.85. The van der Waals surface area contributed by atoms with E-state index >= 15 is 0 Å². The Hall–Kier alpha value is -0.310. The van der Waals surface area contributed by atoms with Crippen LogP contribution in [0.1, 0.15) is 32.5 Å². The minimum atomic E-state index is 0.409. The molecule has 0 radical (unpaired) electrons. The Labute approximate surface area is 94.9 Å². The molecular formula is C11H19BrN2. The maximum atomic E-state index is 4.34. The van der Waals surface area contributed by atoms with E-state index in [9.17, 15) is 0 Å². The highest BCUT2D eigenvalue weighted by atomic mass is 79.9. The number of imidazole rings is 1. The zero-order valence-electron chi connectivity index (χ0n) is 9.26. The van der Waals surface area contributed by atoms with Gasteiger partial charge in [0.15, 0.2) is 0 Å². The first-order chi connectivity index (χ1) is 6.61. The molecule has 80 valence electrons. The smallest absolute Gasteiger partial charge is 0.108 e. The third-order valence-electron chi connectivity index (χ3n) is 3.05. The van der Waals surface area contributed by atoms with Crippen molar-refractivity contribution in [3.05, 3.63) is 18.2 Å². The normalized spacial score (nSPS) is 15.4. The molecule has 2 nitrogen and oxygen atoms in total. The molecule has 0 amide bonds. The molecule has 1 unspecified atom stereocenters. The Morgan fingerprint density at radius 1 is 1.57 bits per heavy atom. The second kappa shape index (κ2) is 4.96. The van der Waals surface area contributed by atoms with Crippen LogP contribution < -0.4 is 0 Å². The molecule has 3 heteroatoms. The molecule has 0 fully saturated rings. The summed E-state index contributed by atoms with van der Waals surface area (Å²) >= 11 is 3.59. The number of hydrogen-bond donors (Lipinski definition) is 0. The third kappa shape index (κ3) is 2.84. The van der Waals surface area contributed by atoms with Crippen LogP contribution in [0.4, 0.5) is 0 Å². The van der Waals surface area contributed by atoms with E-state index in [2.05, 4.69) is 46.4 Å². The molecule has 14 heavy (non-hydrogen) atoms. The topological polar surface area (TPSA) is 17.8 Å². The number of hydrogen-bond acceptors (Lipinski definition) is 1. The summed E-state index contributed by atoms with van der Waals surface area (Å²) in [4.78, 5) is 4.34. The predicted octanol–water partition coefficient (Wildman–Crippen LogP) is 3.16. The van der Waals surface area contributed by atoms with Crippen LogP contribution in [0.3, 0.4) is 0 Å². The van der Waals surface area contributed by atoms with Gasteiger partial charge in [-0.15, -0.1) is 0 Å². The second-order valence-electron chi connectivity index (χ2n) is 4.25. The van der Waals surface area contributed by atoms with Gasteiger partial charge >= 0.3 is 0 Å². The van der Waals surface area contributed by atoms with Crippen molar-refractivity contribution in [3.8, 4) is 0 Å². The average Bonchev–Trinajstić information content (AvgIpc) is 2.61. The van der Waals surface area contributed by atoms with Crippen molar-refractivity contribution in [2.24, 2.45) is 12.5 Å². The summed E-state index contributed by atoms with van der Waals surface area (Å²) in [6.45, 7) is 4.57. The largest absolute Gasteiger partial charge is 0.338 e. The Bertz CT molecular complexity index is 277. The zero-order chi connectivity index (χ0) is 10.6. The summed E-state index contributed by atoms with van der Waals surface area (Å²) < 4.78 is 2.10. The summed E-state index contributed by atoms with van der Waals surface area (Å²) in [5.74, 6) is 1.19. The van der Waals surface area contributed by atoms with Gasteiger partial charge in [-0.2, -0.15) is 0 Å². The van der Waals surface area contributed by atoms with Crippen molar-refractivity contribution in [1.82, 2.24) is 9.55 Å². The molecule has 0 aromatic carbocycles. The average molecular weight is 259 g/mol. The number of rotatable bonds is 5. The van der Waals surface area contributed by atoms with Gasteiger partial charge in [-0.25, -0.2) is 4.98 Å². The number of nitrogens with zero attached hydrogens (tertiary/aromatic N) is 2. The first kappa shape index (κ1) is 11.8. The van der Waals surface area contributed by atoms with E-state index in [1.165, 1.54) is 18.7 Å². The molecule has 0 N–H and O–H groups in total. The minimum absolute atomic E-state index is 0.409. The van der Waals surface area contributed by atoms with Crippen LogP contribution in [-0.4, -0.2) is 14.9 Å². The van der Waals surface area contributed by atoms with Gasteiger partial charge in [0.25, 0.3) is 0 Å². The molecule has 1 rings (SSSR count). The molecular weight excluding hydrogens is 240 g/mol. The quantitative estimate of drug-likeness (QED) is 0.743. The molecule has 0 saturated carbocycles. The van der Waals surface area contributed by atoms with E-state index < -0.39 is 0 Å². The lowest BCUT2D eigenvalue weighted by Crippen LogP contribution is -2.18. The van der Waals surface area contributed by atoms with Crippen LogP contribution in [0.25, 0.3) is 0 Å². The summed E-state index contributed by atoms with van der Waals surface area (Å²) in [6, 6.07) is 0. The van der Waals surface area contributed by atoms with Gasteiger partial charge in [0.1, 0.15) is 5.82 Å². The van der Waals surface area contributed by atoms with Crippen LogP contribution in [0.2, 0.25) is 0 Å². The molecule has 0 aliphatic heterocycles. The highest BCUT2D eigenvalue weighted by Crippen LogP contribution is 2.29. The SMILES string of the molecule is CCC(C)(CBr)CCc1nccn1C. The van der Waals surface area contributed by atoms with Crippen molar-refractivity contribution < 1.29 is 0 Å². The standard InChI is InChI=1S/C11H19BrN2/c1-4-11(2,9-12)6-5-10-13-7-8-14(10)3/h7-8H,4-6,9H2,1-3H3. The van der Waals surface area contributed by atoms with Crippen LogP contribution in [-0.2, 0) is 13.5 Å². The summed E-state index contributed by atoms with van der Waals surface area (Å²) in [5, 5.41) is 1.07.